The van der Waals surface area contributed by atoms with Crippen LogP contribution in [0, 0.1) is 0 Å². The Bertz CT molecular complexity index is 89.1. The largest absolute Gasteiger partial charge is 0.389 e. The van der Waals surface area contributed by atoms with Crippen LogP contribution in [0.3, 0.4) is 0 Å². The Morgan fingerprint density at radius 3 is 2.33 bits per heavy atom. The molecule has 1 saturated heterocycles. The van der Waals surface area contributed by atoms with Gasteiger partial charge in [0.1, 0.15) is 0 Å². The average molecular weight is 164 g/mol. The number of hydrogen-bond donors (Lipinski definition) is 2. The van der Waals surface area contributed by atoms with Crippen LogP contribution in [0.2, 0.25) is 0 Å². The Labute approximate surface area is 65.6 Å². The molecule has 3 heteroatoms. The van der Waals surface area contributed by atoms with Gasteiger partial charge in [0.15, 0.2) is 0 Å². The van der Waals surface area contributed by atoms with Gasteiger partial charge in [-0.25, -0.2) is 0 Å². The SMILES string of the molecule is OC1(CS)CCSCC1. The van der Waals surface area contributed by atoms with Crippen LogP contribution in [-0.4, -0.2) is 28.0 Å². The van der Waals surface area contributed by atoms with Crippen molar-refractivity contribution in [1.29, 1.82) is 0 Å². The van der Waals surface area contributed by atoms with Crippen LogP contribution < -0.4 is 0 Å². The van der Waals surface area contributed by atoms with Crippen LogP contribution in [-0.2, 0) is 0 Å². The van der Waals surface area contributed by atoms with Gasteiger partial charge < -0.3 is 5.11 Å². The molecule has 0 aliphatic carbocycles. The van der Waals surface area contributed by atoms with E-state index in [1.807, 2.05) is 11.8 Å². The topological polar surface area (TPSA) is 20.2 Å². The minimum absolute atomic E-state index is 0.436. The summed E-state index contributed by atoms with van der Waals surface area (Å²) in [5.41, 5.74) is -0.436. The monoisotopic (exact) mass is 164 g/mol. The quantitative estimate of drug-likeness (QED) is 0.567. The van der Waals surface area contributed by atoms with E-state index in [-0.39, 0.29) is 0 Å². The smallest absolute Gasteiger partial charge is 0.0751 e. The minimum atomic E-state index is -0.436. The molecule has 1 nitrogen and oxygen atoms in total. The lowest BCUT2D eigenvalue weighted by Gasteiger charge is -2.29. The highest BCUT2D eigenvalue weighted by atomic mass is 32.2. The standard InChI is InChI=1S/C6H12OS2/c7-6(5-8)1-3-9-4-2-6/h7-8H,1-5H2. The fraction of sp³-hybridized carbons (Fsp3) is 1.00. The first kappa shape index (κ1) is 7.76. The maximum atomic E-state index is 9.59. The van der Waals surface area contributed by atoms with Crippen molar-refractivity contribution >= 4 is 24.4 Å². The third-order valence-electron chi connectivity index (χ3n) is 1.72. The van der Waals surface area contributed by atoms with Crippen LogP contribution in [0.5, 0.6) is 0 Å². The zero-order chi connectivity index (χ0) is 6.74. The van der Waals surface area contributed by atoms with E-state index in [4.69, 9.17) is 0 Å². The summed E-state index contributed by atoms with van der Waals surface area (Å²) < 4.78 is 0. The first-order valence-electron chi connectivity index (χ1n) is 3.18. The molecular formula is C6H12OS2. The van der Waals surface area contributed by atoms with Crippen LogP contribution in [0.4, 0.5) is 0 Å². The maximum absolute atomic E-state index is 9.59. The lowest BCUT2D eigenvalue weighted by Crippen LogP contribution is -2.35. The van der Waals surface area contributed by atoms with E-state index in [1.54, 1.807) is 0 Å². The van der Waals surface area contributed by atoms with Gasteiger partial charge in [-0.05, 0) is 24.3 Å². The maximum Gasteiger partial charge on any atom is 0.0751 e. The second-order valence-electron chi connectivity index (χ2n) is 2.49. The van der Waals surface area contributed by atoms with E-state index >= 15 is 0 Å². The molecule has 0 atom stereocenters. The summed E-state index contributed by atoms with van der Waals surface area (Å²) in [5.74, 6) is 2.81. The number of thiol groups is 1. The molecule has 0 amide bonds. The fourth-order valence-corrected chi connectivity index (χ4v) is 2.48. The third kappa shape index (κ3) is 2.06. The zero-order valence-corrected chi connectivity index (χ0v) is 7.05. The second kappa shape index (κ2) is 3.17. The van der Waals surface area contributed by atoms with E-state index in [0.29, 0.717) is 5.75 Å². The molecule has 0 aromatic rings. The summed E-state index contributed by atoms with van der Waals surface area (Å²) in [6.45, 7) is 0. The van der Waals surface area contributed by atoms with Gasteiger partial charge in [-0.3, -0.25) is 0 Å². The highest BCUT2D eigenvalue weighted by Crippen LogP contribution is 2.27. The molecule has 0 spiro atoms. The fourth-order valence-electron chi connectivity index (χ4n) is 0.909. The first-order chi connectivity index (χ1) is 4.27. The summed E-state index contributed by atoms with van der Waals surface area (Å²) in [4.78, 5) is 0. The zero-order valence-electron chi connectivity index (χ0n) is 5.34. The summed E-state index contributed by atoms with van der Waals surface area (Å²) in [5, 5.41) is 9.59. The summed E-state index contributed by atoms with van der Waals surface area (Å²) in [6.07, 6.45) is 1.84. The van der Waals surface area contributed by atoms with Crippen molar-refractivity contribution in [2.24, 2.45) is 0 Å². The molecule has 0 saturated carbocycles. The molecule has 0 aromatic carbocycles. The Kier molecular flexibility index (Phi) is 2.73. The van der Waals surface area contributed by atoms with Gasteiger partial charge in [0.2, 0.25) is 0 Å². The molecule has 9 heavy (non-hydrogen) atoms. The molecule has 54 valence electrons. The van der Waals surface area contributed by atoms with Crippen molar-refractivity contribution in [3.05, 3.63) is 0 Å². The highest BCUT2D eigenvalue weighted by Gasteiger charge is 2.27. The van der Waals surface area contributed by atoms with Gasteiger partial charge in [-0.15, -0.1) is 0 Å². The van der Waals surface area contributed by atoms with Crippen LogP contribution in [0.15, 0.2) is 0 Å². The second-order valence-corrected chi connectivity index (χ2v) is 4.04. The highest BCUT2D eigenvalue weighted by molar-refractivity contribution is 7.99. The van der Waals surface area contributed by atoms with Crippen LogP contribution >= 0.6 is 24.4 Å². The van der Waals surface area contributed by atoms with Gasteiger partial charge in [0.25, 0.3) is 0 Å². The first-order valence-corrected chi connectivity index (χ1v) is 4.97. The molecule has 1 rings (SSSR count). The predicted octanol–water partition coefficient (Wildman–Crippen LogP) is 1.17. The van der Waals surface area contributed by atoms with Gasteiger partial charge >= 0.3 is 0 Å². The number of hydrogen-bond acceptors (Lipinski definition) is 3. The lowest BCUT2D eigenvalue weighted by atomic mass is 10.00. The van der Waals surface area contributed by atoms with Crippen LogP contribution in [0.1, 0.15) is 12.8 Å². The van der Waals surface area contributed by atoms with Crippen molar-refractivity contribution in [2.45, 2.75) is 18.4 Å². The average Bonchev–Trinajstić information content (AvgIpc) is 1.90. The van der Waals surface area contributed by atoms with Gasteiger partial charge in [0.05, 0.1) is 5.60 Å². The van der Waals surface area contributed by atoms with E-state index in [1.165, 1.54) is 0 Å². The van der Waals surface area contributed by atoms with Crippen molar-refractivity contribution in [3.8, 4) is 0 Å². The molecule has 0 radical (unpaired) electrons. The van der Waals surface area contributed by atoms with Crippen molar-refractivity contribution in [3.63, 3.8) is 0 Å². The molecule has 1 heterocycles. The Morgan fingerprint density at radius 2 is 2.00 bits per heavy atom. The summed E-state index contributed by atoms with van der Waals surface area (Å²) in [6, 6.07) is 0. The lowest BCUT2D eigenvalue weighted by molar-refractivity contribution is 0.0572. The Morgan fingerprint density at radius 1 is 1.44 bits per heavy atom. The van der Waals surface area contributed by atoms with E-state index in [2.05, 4.69) is 12.6 Å². The van der Waals surface area contributed by atoms with Crippen molar-refractivity contribution in [1.82, 2.24) is 0 Å². The number of rotatable bonds is 1. The Balaban J connectivity index is 2.37. The van der Waals surface area contributed by atoms with Crippen LogP contribution in [0.25, 0.3) is 0 Å². The molecule has 0 unspecified atom stereocenters. The normalized spacial score (nSPS) is 26.0. The molecule has 1 aliphatic rings. The summed E-state index contributed by atoms with van der Waals surface area (Å²) in [7, 11) is 0. The van der Waals surface area contributed by atoms with Gasteiger partial charge in [-0.1, -0.05) is 0 Å². The van der Waals surface area contributed by atoms with Crippen molar-refractivity contribution in [2.75, 3.05) is 17.3 Å². The molecule has 0 aromatic heterocycles. The van der Waals surface area contributed by atoms with E-state index in [0.717, 1.165) is 24.3 Å². The minimum Gasteiger partial charge on any atom is -0.389 e. The van der Waals surface area contributed by atoms with E-state index in [9.17, 15) is 5.11 Å². The van der Waals surface area contributed by atoms with Crippen molar-refractivity contribution < 1.29 is 5.11 Å². The molecule has 1 aliphatic heterocycles. The third-order valence-corrected chi connectivity index (χ3v) is 3.29. The molecule has 0 bridgehead atoms. The molecule has 1 fully saturated rings. The van der Waals surface area contributed by atoms with E-state index < -0.39 is 5.60 Å². The molecule has 1 N–H and O–H groups in total. The molecular weight excluding hydrogens is 152 g/mol. The predicted molar refractivity (Wildman–Crippen MR) is 45.4 cm³/mol. The Hall–Kier alpha value is 0.660. The number of aliphatic hydroxyl groups is 1. The van der Waals surface area contributed by atoms with Gasteiger partial charge in [-0.2, -0.15) is 24.4 Å². The number of thioether (sulfide) groups is 1. The van der Waals surface area contributed by atoms with Gasteiger partial charge in [0, 0.05) is 5.75 Å². The summed E-state index contributed by atoms with van der Waals surface area (Å²) >= 11 is 6.01.